The van der Waals surface area contributed by atoms with Crippen molar-refractivity contribution in [3.63, 3.8) is 0 Å². The van der Waals surface area contributed by atoms with E-state index in [1.165, 1.54) is 11.8 Å². The second kappa shape index (κ2) is 9.79. The average Bonchev–Trinajstić information content (AvgIpc) is 2.81. The number of aromatic carboxylic acids is 1. The summed E-state index contributed by atoms with van der Waals surface area (Å²) in [7, 11) is 0. The van der Waals surface area contributed by atoms with E-state index in [0.29, 0.717) is 30.4 Å². The maximum atomic E-state index is 11.6. The molecule has 2 N–H and O–H groups in total. The van der Waals surface area contributed by atoms with Gasteiger partial charge in [-0.2, -0.15) is 0 Å². The van der Waals surface area contributed by atoms with E-state index in [9.17, 15) is 9.90 Å². The number of fused-ring (bicyclic) bond motifs is 1. The molecule has 8 heteroatoms. The van der Waals surface area contributed by atoms with Crippen molar-refractivity contribution in [2.75, 3.05) is 23.4 Å². The van der Waals surface area contributed by atoms with Gasteiger partial charge in [0.05, 0.1) is 23.0 Å². The number of nitrogens with one attached hydrogen (secondary N) is 1. The number of anilines is 3. The number of ether oxygens (including phenoxy) is 1. The van der Waals surface area contributed by atoms with Gasteiger partial charge in [-0.3, -0.25) is 0 Å². The van der Waals surface area contributed by atoms with Crippen molar-refractivity contribution in [3.8, 4) is 5.75 Å². The summed E-state index contributed by atoms with van der Waals surface area (Å²) in [5, 5.41) is 13.5. The van der Waals surface area contributed by atoms with Gasteiger partial charge >= 0.3 is 5.97 Å². The number of aromatic nitrogens is 2. The molecule has 4 rings (SSSR count). The van der Waals surface area contributed by atoms with Crippen molar-refractivity contribution >= 4 is 40.0 Å². The zero-order valence-corrected chi connectivity index (χ0v) is 19.2. The lowest BCUT2D eigenvalue weighted by Gasteiger charge is -2.33. The highest BCUT2D eigenvalue weighted by Gasteiger charge is 2.26. The molecule has 0 amide bonds. The van der Waals surface area contributed by atoms with Gasteiger partial charge in [0.25, 0.3) is 0 Å². The third kappa shape index (κ3) is 5.01. The monoisotopic (exact) mass is 460 g/mol. The fraction of sp³-hybridized carbons (Fsp3) is 0.160. The third-order valence-corrected chi connectivity index (χ3v) is 6.16. The van der Waals surface area contributed by atoms with Crippen LogP contribution in [0.1, 0.15) is 28.5 Å². The number of nitrogens with zero attached hydrogens (tertiary/aromatic N) is 3. The molecular weight excluding hydrogens is 436 g/mol. The molecule has 0 spiro atoms. The van der Waals surface area contributed by atoms with E-state index in [1.807, 2.05) is 61.2 Å². The number of para-hydroxylation sites is 1. The number of carboxylic acid groups (broad SMARTS) is 1. The van der Waals surface area contributed by atoms with E-state index in [4.69, 9.17) is 9.72 Å². The van der Waals surface area contributed by atoms with Gasteiger partial charge < -0.3 is 20.1 Å². The molecule has 0 radical (unpaired) electrons. The first kappa shape index (κ1) is 22.4. The quantitative estimate of drug-likeness (QED) is 0.465. The molecular formula is C25H24N4O3S. The van der Waals surface area contributed by atoms with Crippen LogP contribution in [0, 0.1) is 6.92 Å². The second-order valence-corrected chi connectivity index (χ2v) is 8.47. The lowest BCUT2D eigenvalue weighted by atomic mass is 10.1. The molecule has 3 aromatic rings. The Kier molecular flexibility index (Phi) is 6.65. The number of carboxylic acids is 1. The molecule has 0 bridgehead atoms. The van der Waals surface area contributed by atoms with E-state index < -0.39 is 5.97 Å². The summed E-state index contributed by atoms with van der Waals surface area (Å²) in [5.74, 6) is 0.782. The van der Waals surface area contributed by atoms with Gasteiger partial charge in [0.1, 0.15) is 23.8 Å². The topological polar surface area (TPSA) is 87.6 Å². The summed E-state index contributed by atoms with van der Waals surface area (Å²) < 4.78 is 5.68. The van der Waals surface area contributed by atoms with Gasteiger partial charge in [0.2, 0.25) is 0 Å². The highest BCUT2D eigenvalue weighted by atomic mass is 32.2. The van der Waals surface area contributed by atoms with Crippen LogP contribution in [0.25, 0.3) is 4.91 Å². The summed E-state index contributed by atoms with van der Waals surface area (Å²) in [6.45, 7) is 9.18. The molecule has 0 saturated heterocycles. The largest absolute Gasteiger partial charge is 0.489 e. The van der Waals surface area contributed by atoms with E-state index in [0.717, 1.165) is 27.0 Å². The maximum Gasteiger partial charge on any atom is 0.339 e. The van der Waals surface area contributed by atoms with E-state index >= 15 is 0 Å². The molecule has 168 valence electrons. The first-order valence-electron chi connectivity index (χ1n) is 10.4. The summed E-state index contributed by atoms with van der Waals surface area (Å²) in [6, 6.07) is 14.8. The Morgan fingerprint density at radius 3 is 2.82 bits per heavy atom. The number of rotatable bonds is 7. The molecule has 33 heavy (non-hydrogen) atoms. The van der Waals surface area contributed by atoms with Crippen LogP contribution in [0.15, 0.2) is 72.4 Å². The maximum absolute atomic E-state index is 11.6. The van der Waals surface area contributed by atoms with Crippen LogP contribution in [0.4, 0.5) is 17.3 Å². The Morgan fingerprint density at radius 2 is 2.06 bits per heavy atom. The minimum atomic E-state index is -1.02. The van der Waals surface area contributed by atoms with Crippen LogP contribution in [0.2, 0.25) is 0 Å². The number of carbonyl (C=O) groups is 1. The molecule has 0 unspecified atom stereocenters. The van der Waals surface area contributed by atoms with Gasteiger partial charge in [0.15, 0.2) is 5.75 Å². The molecule has 2 aromatic heterocycles. The lowest BCUT2D eigenvalue weighted by Crippen LogP contribution is -2.31. The van der Waals surface area contributed by atoms with Crippen LogP contribution in [0.5, 0.6) is 5.75 Å². The molecule has 0 aliphatic carbocycles. The number of hydrogen-bond acceptors (Lipinski definition) is 7. The summed E-state index contributed by atoms with van der Waals surface area (Å²) in [6.07, 6.45) is 3.75. The van der Waals surface area contributed by atoms with E-state index in [1.54, 1.807) is 18.3 Å². The SMILES string of the molecule is C=C(S/C(=C\C)c1cccc(Nc2cc(C)ccn2)n1)N1CCOc2c(C(=O)O)cccc21. The Balaban J connectivity index is 1.54. The Morgan fingerprint density at radius 1 is 1.24 bits per heavy atom. The number of hydrogen-bond donors (Lipinski definition) is 2. The number of aryl methyl sites for hydroxylation is 1. The predicted octanol–water partition coefficient (Wildman–Crippen LogP) is 5.69. The molecule has 1 aliphatic rings. The number of allylic oxidation sites excluding steroid dienone is 1. The van der Waals surface area contributed by atoms with Gasteiger partial charge in [-0.15, -0.1) is 0 Å². The van der Waals surface area contributed by atoms with Crippen LogP contribution in [0.3, 0.4) is 0 Å². The van der Waals surface area contributed by atoms with E-state index in [2.05, 4.69) is 16.9 Å². The van der Waals surface area contributed by atoms with Crippen molar-refractivity contribution in [2.45, 2.75) is 13.8 Å². The molecule has 1 aliphatic heterocycles. The van der Waals surface area contributed by atoms with Crippen molar-refractivity contribution < 1.29 is 14.6 Å². The number of thioether (sulfide) groups is 1. The minimum Gasteiger partial charge on any atom is -0.489 e. The second-order valence-electron chi connectivity index (χ2n) is 7.36. The van der Waals surface area contributed by atoms with Gasteiger partial charge in [-0.25, -0.2) is 14.8 Å². The van der Waals surface area contributed by atoms with Crippen molar-refractivity contribution in [1.82, 2.24) is 9.97 Å². The van der Waals surface area contributed by atoms with Gasteiger partial charge in [-0.1, -0.05) is 36.5 Å². The number of benzene rings is 1. The third-order valence-electron chi connectivity index (χ3n) is 5.04. The first-order valence-corrected chi connectivity index (χ1v) is 11.2. The number of pyridine rings is 2. The summed E-state index contributed by atoms with van der Waals surface area (Å²) in [4.78, 5) is 23.6. The molecule has 3 heterocycles. The minimum absolute atomic E-state index is 0.145. The predicted molar refractivity (Wildman–Crippen MR) is 133 cm³/mol. The van der Waals surface area contributed by atoms with Crippen molar-refractivity contribution in [3.05, 3.63) is 89.2 Å². The van der Waals surface area contributed by atoms with Crippen LogP contribution in [-0.4, -0.2) is 34.2 Å². The average molecular weight is 461 g/mol. The first-order chi connectivity index (χ1) is 16.0. The van der Waals surface area contributed by atoms with Gasteiger partial charge in [0, 0.05) is 11.1 Å². The Labute approximate surface area is 196 Å². The van der Waals surface area contributed by atoms with Crippen LogP contribution >= 0.6 is 11.8 Å². The van der Waals surface area contributed by atoms with Crippen LogP contribution in [-0.2, 0) is 0 Å². The normalized spacial score (nSPS) is 13.2. The Hall–Kier alpha value is -3.78. The smallest absolute Gasteiger partial charge is 0.339 e. The van der Waals surface area contributed by atoms with Crippen LogP contribution < -0.4 is 15.0 Å². The van der Waals surface area contributed by atoms with Crippen molar-refractivity contribution in [2.24, 2.45) is 0 Å². The molecule has 7 nitrogen and oxygen atoms in total. The summed E-state index contributed by atoms with van der Waals surface area (Å²) >= 11 is 1.48. The zero-order chi connectivity index (χ0) is 23.4. The molecule has 0 atom stereocenters. The van der Waals surface area contributed by atoms with E-state index in [-0.39, 0.29) is 5.56 Å². The fourth-order valence-corrected chi connectivity index (χ4v) is 4.38. The van der Waals surface area contributed by atoms with Crippen molar-refractivity contribution in [1.29, 1.82) is 0 Å². The molecule has 0 fully saturated rings. The molecule has 0 saturated carbocycles. The lowest BCUT2D eigenvalue weighted by molar-refractivity contribution is 0.0692. The fourth-order valence-electron chi connectivity index (χ4n) is 3.49. The molecule has 1 aromatic carbocycles. The summed E-state index contributed by atoms with van der Waals surface area (Å²) in [5.41, 5.74) is 2.75. The highest BCUT2D eigenvalue weighted by Crippen LogP contribution is 2.42. The Bertz CT molecular complexity index is 1240. The standard InChI is InChI=1S/C25H24N4O3S/c1-4-21(19-8-6-10-22(27-19)28-23-15-16(2)11-12-26-23)33-17(3)29-13-14-32-24-18(25(30)31)7-5-9-20(24)29/h4-12,15H,3,13-14H2,1-2H3,(H,30,31)(H,26,27,28)/b21-4-. The van der Waals surface area contributed by atoms with Gasteiger partial charge in [-0.05, 0) is 55.8 Å². The highest BCUT2D eigenvalue weighted by molar-refractivity contribution is 8.11. The zero-order valence-electron chi connectivity index (χ0n) is 18.4.